The third-order valence-electron chi connectivity index (χ3n) is 5.13. The van der Waals surface area contributed by atoms with Crippen molar-refractivity contribution in [3.8, 4) is 0 Å². The van der Waals surface area contributed by atoms with Crippen molar-refractivity contribution in [2.45, 2.75) is 46.7 Å². The molecule has 1 saturated carbocycles. The first-order chi connectivity index (χ1) is 9.03. The van der Waals surface area contributed by atoms with E-state index < -0.39 is 12.1 Å². The number of hydrogen-bond donors (Lipinski definition) is 1. The molecule has 0 unspecified atom stereocenters. The lowest BCUT2D eigenvalue weighted by atomic mass is 9.86. The Bertz CT molecular complexity index is 439. The van der Waals surface area contributed by atoms with Crippen molar-refractivity contribution < 1.29 is 14.3 Å². The molecule has 0 aromatic rings. The summed E-state index contributed by atoms with van der Waals surface area (Å²) in [6.07, 6.45) is 0. The zero-order valence-corrected chi connectivity index (χ0v) is 13.3. The number of carbonyl (C=O) groups excluding carboxylic acids is 2. The van der Waals surface area contributed by atoms with Crippen LogP contribution in [0.2, 0.25) is 0 Å². The molecule has 2 fully saturated rings. The van der Waals surface area contributed by atoms with E-state index >= 15 is 0 Å². The van der Waals surface area contributed by atoms with E-state index in [-0.39, 0.29) is 28.6 Å². The van der Waals surface area contributed by atoms with E-state index in [9.17, 15) is 9.59 Å². The van der Waals surface area contributed by atoms with Gasteiger partial charge in [-0.25, -0.2) is 4.79 Å². The molecule has 1 aliphatic heterocycles. The van der Waals surface area contributed by atoms with E-state index in [1.165, 1.54) is 7.11 Å². The Morgan fingerprint density at radius 3 is 2.35 bits per heavy atom. The maximum absolute atomic E-state index is 12.6. The van der Waals surface area contributed by atoms with Crippen LogP contribution in [0.4, 0.5) is 0 Å². The number of esters is 1. The highest BCUT2D eigenvalue weighted by molar-refractivity contribution is 5.89. The SMILES string of the molecule is COC(=O)[C@@H]1[C@H]2[C@@H](CN1C(=O)[C@@H](N)C(C)(C)C)C2(C)C. The van der Waals surface area contributed by atoms with Crippen molar-refractivity contribution in [1.29, 1.82) is 0 Å². The molecule has 1 amide bonds. The lowest BCUT2D eigenvalue weighted by Crippen LogP contribution is -2.55. The van der Waals surface area contributed by atoms with E-state index in [1.807, 2.05) is 20.8 Å². The van der Waals surface area contributed by atoms with Gasteiger partial charge in [0, 0.05) is 12.5 Å². The standard InChI is InChI=1S/C15H26N2O3/c1-14(2,3)11(16)12(18)17-7-8-9(15(8,4)5)10(17)13(19)20-6/h8-11H,7,16H2,1-6H3/t8-,9-,10+,11-/m1/s1. The van der Waals surface area contributed by atoms with Gasteiger partial charge in [0.1, 0.15) is 6.04 Å². The molecule has 2 rings (SSSR count). The first-order valence-electron chi connectivity index (χ1n) is 7.17. The Morgan fingerprint density at radius 2 is 1.90 bits per heavy atom. The molecular weight excluding hydrogens is 256 g/mol. The highest BCUT2D eigenvalue weighted by Gasteiger charge is 2.70. The van der Waals surface area contributed by atoms with Crippen LogP contribution in [0.15, 0.2) is 0 Å². The number of nitrogens with zero attached hydrogens (tertiary/aromatic N) is 1. The number of ether oxygens (including phenoxy) is 1. The van der Waals surface area contributed by atoms with Gasteiger partial charge in [0.25, 0.3) is 0 Å². The minimum Gasteiger partial charge on any atom is -0.467 e. The van der Waals surface area contributed by atoms with Crippen molar-refractivity contribution in [2.75, 3.05) is 13.7 Å². The third-order valence-corrected chi connectivity index (χ3v) is 5.13. The number of carbonyl (C=O) groups is 2. The van der Waals surface area contributed by atoms with Gasteiger partial charge in [-0.3, -0.25) is 4.79 Å². The topological polar surface area (TPSA) is 72.6 Å². The van der Waals surface area contributed by atoms with Crippen LogP contribution in [0.3, 0.4) is 0 Å². The minimum atomic E-state index is -0.602. The molecule has 2 aliphatic rings. The number of methoxy groups -OCH3 is 1. The normalized spacial score (nSPS) is 32.5. The Balaban J connectivity index is 2.21. The quantitative estimate of drug-likeness (QED) is 0.767. The molecule has 5 heteroatoms. The predicted molar refractivity (Wildman–Crippen MR) is 75.7 cm³/mol. The zero-order valence-electron chi connectivity index (χ0n) is 13.3. The summed E-state index contributed by atoms with van der Waals surface area (Å²) >= 11 is 0. The molecule has 20 heavy (non-hydrogen) atoms. The maximum Gasteiger partial charge on any atom is 0.328 e. The summed E-state index contributed by atoms with van der Waals surface area (Å²) in [7, 11) is 1.37. The van der Waals surface area contributed by atoms with Crippen molar-refractivity contribution in [1.82, 2.24) is 4.90 Å². The van der Waals surface area contributed by atoms with Gasteiger partial charge in [0.05, 0.1) is 13.2 Å². The molecule has 0 spiro atoms. The van der Waals surface area contributed by atoms with Crippen molar-refractivity contribution in [2.24, 2.45) is 28.4 Å². The smallest absolute Gasteiger partial charge is 0.328 e. The molecule has 0 radical (unpaired) electrons. The second-order valence-corrected chi connectivity index (χ2v) is 7.76. The van der Waals surface area contributed by atoms with Crippen molar-refractivity contribution in [3.63, 3.8) is 0 Å². The van der Waals surface area contributed by atoms with Crippen LogP contribution in [-0.4, -0.2) is 42.5 Å². The molecule has 0 bridgehead atoms. The van der Waals surface area contributed by atoms with Gasteiger partial charge in [-0.1, -0.05) is 34.6 Å². The number of hydrogen-bond acceptors (Lipinski definition) is 4. The third kappa shape index (κ3) is 2.12. The van der Waals surface area contributed by atoms with Gasteiger partial charge in [0.2, 0.25) is 5.91 Å². The summed E-state index contributed by atoms with van der Waals surface area (Å²) in [5.41, 5.74) is 5.86. The number of rotatable bonds is 2. The number of nitrogens with two attached hydrogens (primary N) is 1. The summed E-state index contributed by atoms with van der Waals surface area (Å²) in [6.45, 7) is 10.7. The first-order valence-corrected chi connectivity index (χ1v) is 7.17. The molecule has 1 heterocycles. The molecule has 0 aromatic carbocycles. The summed E-state index contributed by atoms with van der Waals surface area (Å²) < 4.78 is 4.90. The molecule has 1 saturated heterocycles. The number of piperidine rings is 1. The first kappa shape index (κ1) is 15.3. The van der Waals surface area contributed by atoms with E-state index in [1.54, 1.807) is 4.90 Å². The Labute approximate surface area is 120 Å². The van der Waals surface area contributed by atoms with Gasteiger partial charge >= 0.3 is 5.97 Å². The molecule has 114 valence electrons. The Kier molecular flexibility index (Phi) is 3.40. The molecule has 4 atom stereocenters. The monoisotopic (exact) mass is 282 g/mol. The average Bonchev–Trinajstić information content (AvgIpc) is 2.75. The van der Waals surface area contributed by atoms with Crippen LogP contribution in [0, 0.1) is 22.7 Å². The fourth-order valence-corrected chi connectivity index (χ4v) is 3.45. The van der Waals surface area contributed by atoms with E-state index in [4.69, 9.17) is 10.5 Å². The second-order valence-electron chi connectivity index (χ2n) is 7.76. The predicted octanol–water partition coefficient (Wildman–Crippen LogP) is 1.02. The van der Waals surface area contributed by atoms with Gasteiger partial charge in [-0.2, -0.15) is 0 Å². The minimum absolute atomic E-state index is 0.113. The van der Waals surface area contributed by atoms with Gasteiger partial charge in [0.15, 0.2) is 0 Å². The molecule has 1 aliphatic carbocycles. The fraction of sp³-hybridized carbons (Fsp3) is 0.867. The maximum atomic E-state index is 12.6. The second kappa shape index (κ2) is 4.45. The number of likely N-dealkylation sites (tertiary alicyclic amines) is 1. The molecule has 5 nitrogen and oxygen atoms in total. The highest BCUT2D eigenvalue weighted by Crippen LogP contribution is 2.65. The summed E-state index contributed by atoms with van der Waals surface area (Å²) in [6, 6.07) is -1.07. The van der Waals surface area contributed by atoms with Crippen LogP contribution >= 0.6 is 0 Å². The van der Waals surface area contributed by atoms with Crippen LogP contribution in [0.1, 0.15) is 34.6 Å². The van der Waals surface area contributed by atoms with Gasteiger partial charge in [-0.15, -0.1) is 0 Å². The summed E-state index contributed by atoms with van der Waals surface area (Å²) in [5, 5.41) is 0. The Hall–Kier alpha value is -1.10. The lowest BCUT2D eigenvalue weighted by molar-refractivity contribution is -0.154. The average molecular weight is 282 g/mol. The van der Waals surface area contributed by atoms with Crippen molar-refractivity contribution in [3.05, 3.63) is 0 Å². The van der Waals surface area contributed by atoms with Gasteiger partial charge in [-0.05, 0) is 16.7 Å². The van der Waals surface area contributed by atoms with Crippen LogP contribution in [-0.2, 0) is 14.3 Å². The number of fused-ring (bicyclic) bond motifs is 1. The number of amides is 1. The van der Waals surface area contributed by atoms with Crippen LogP contribution < -0.4 is 5.73 Å². The summed E-state index contributed by atoms with van der Waals surface area (Å²) in [5.74, 6) is 0.113. The molecule has 2 N–H and O–H groups in total. The van der Waals surface area contributed by atoms with E-state index in [2.05, 4.69) is 13.8 Å². The molecular formula is C15H26N2O3. The van der Waals surface area contributed by atoms with Crippen molar-refractivity contribution >= 4 is 11.9 Å². The summed E-state index contributed by atoms with van der Waals surface area (Å²) in [4.78, 5) is 26.3. The van der Waals surface area contributed by atoms with E-state index in [0.717, 1.165) is 0 Å². The molecule has 0 aromatic heterocycles. The van der Waals surface area contributed by atoms with E-state index in [0.29, 0.717) is 12.5 Å². The fourth-order valence-electron chi connectivity index (χ4n) is 3.45. The highest BCUT2D eigenvalue weighted by atomic mass is 16.5. The zero-order chi connectivity index (χ0) is 15.5. The Morgan fingerprint density at radius 1 is 1.35 bits per heavy atom. The van der Waals surface area contributed by atoms with Crippen LogP contribution in [0.5, 0.6) is 0 Å². The largest absolute Gasteiger partial charge is 0.467 e. The lowest BCUT2D eigenvalue weighted by Gasteiger charge is -2.35. The van der Waals surface area contributed by atoms with Gasteiger partial charge < -0.3 is 15.4 Å². The van der Waals surface area contributed by atoms with Crippen LogP contribution in [0.25, 0.3) is 0 Å².